The monoisotopic (exact) mass is 384 g/mol. The average Bonchev–Trinajstić information content (AvgIpc) is 3.04. The first-order valence-electron chi connectivity index (χ1n) is 9.89. The fourth-order valence-corrected chi connectivity index (χ4v) is 4.97. The number of nitrogens with zero attached hydrogens (tertiary/aromatic N) is 2. The van der Waals surface area contributed by atoms with Gasteiger partial charge in [-0.3, -0.25) is 0 Å². The highest BCUT2D eigenvalue weighted by molar-refractivity contribution is 6.92. The molecule has 0 N–H and O–H groups in total. The molecule has 2 heterocycles. The Morgan fingerprint density at radius 1 is 0.963 bits per heavy atom. The van der Waals surface area contributed by atoms with Gasteiger partial charge in [-0.2, -0.15) is 5.10 Å². The summed E-state index contributed by atoms with van der Waals surface area (Å²) in [7, 11) is -2.10. The summed E-state index contributed by atoms with van der Waals surface area (Å²) in [5.74, 6) is 0.303. The summed E-state index contributed by atoms with van der Waals surface area (Å²) in [6.07, 6.45) is 0. The molecule has 146 valence electrons. The summed E-state index contributed by atoms with van der Waals surface area (Å²) in [6.45, 7) is 19.9. The van der Waals surface area contributed by atoms with Gasteiger partial charge >= 0.3 is 7.12 Å². The van der Waals surface area contributed by atoms with Crippen molar-refractivity contribution in [1.29, 1.82) is 0 Å². The van der Waals surface area contributed by atoms with Gasteiger partial charge in [-0.05, 0) is 45.7 Å². The Labute approximate surface area is 165 Å². The Hall–Kier alpha value is -1.37. The molecule has 2 aromatic rings. The summed E-state index contributed by atoms with van der Waals surface area (Å²) in [6, 6.07) is 10.4. The molecule has 0 unspecified atom stereocenters. The van der Waals surface area contributed by atoms with E-state index in [4.69, 9.17) is 14.4 Å². The Kier molecular flexibility index (Phi) is 4.98. The third kappa shape index (κ3) is 3.55. The summed E-state index contributed by atoms with van der Waals surface area (Å²) in [4.78, 5) is 0. The summed E-state index contributed by atoms with van der Waals surface area (Å²) in [5.41, 5.74) is 2.70. The second-order valence-corrected chi connectivity index (χ2v) is 14.9. The lowest BCUT2D eigenvalue weighted by Crippen LogP contribution is -2.54. The molecule has 1 aliphatic heterocycles. The highest BCUT2D eigenvalue weighted by Gasteiger charge is 2.54. The molecule has 0 saturated carbocycles. The lowest BCUT2D eigenvalue weighted by atomic mass is 9.77. The van der Waals surface area contributed by atoms with Gasteiger partial charge in [-0.15, -0.1) is 0 Å². The van der Waals surface area contributed by atoms with Crippen molar-refractivity contribution in [3.05, 3.63) is 36.0 Å². The van der Waals surface area contributed by atoms with Crippen LogP contribution in [-0.2, 0) is 9.31 Å². The van der Waals surface area contributed by atoms with Crippen molar-refractivity contribution in [3.63, 3.8) is 0 Å². The van der Waals surface area contributed by atoms with Crippen LogP contribution in [0.3, 0.4) is 0 Å². The van der Waals surface area contributed by atoms with Crippen LogP contribution in [0, 0.1) is 0 Å². The molecular weight excluding hydrogens is 351 g/mol. The maximum Gasteiger partial charge on any atom is 0.498 e. The minimum absolute atomic E-state index is 0.303. The van der Waals surface area contributed by atoms with Gasteiger partial charge in [-0.1, -0.05) is 51.7 Å². The zero-order valence-corrected chi connectivity index (χ0v) is 19.3. The highest BCUT2D eigenvalue weighted by Crippen LogP contribution is 2.37. The molecule has 0 spiro atoms. The maximum absolute atomic E-state index is 6.47. The van der Waals surface area contributed by atoms with Crippen LogP contribution in [0.4, 0.5) is 0 Å². The SMILES string of the molecule is CC(C)c1c(B2OC(C)(C)C(C)(C)O2)c([Si](C)(C)C)nn1-c1ccccc1. The molecule has 0 bridgehead atoms. The molecule has 3 rings (SSSR count). The fourth-order valence-electron chi connectivity index (χ4n) is 3.51. The maximum atomic E-state index is 6.47. The van der Waals surface area contributed by atoms with E-state index in [-0.39, 0.29) is 18.3 Å². The molecule has 0 amide bonds. The second kappa shape index (κ2) is 6.61. The van der Waals surface area contributed by atoms with Gasteiger partial charge in [0, 0.05) is 16.5 Å². The van der Waals surface area contributed by atoms with Crippen molar-refractivity contribution in [3.8, 4) is 5.69 Å². The Morgan fingerprint density at radius 3 is 1.93 bits per heavy atom. The van der Waals surface area contributed by atoms with E-state index in [2.05, 4.69) is 90.1 Å². The van der Waals surface area contributed by atoms with E-state index in [9.17, 15) is 0 Å². The minimum atomic E-state index is -1.72. The van der Waals surface area contributed by atoms with Crippen LogP contribution in [0.25, 0.3) is 5.69 Å². The van der Waals surface area contributed by atoms with Crippen LogP contribution in [0.1, 0.15) is 53.2 Å². The summed E-state index contributed by atoms with van der Waals surface area (Å²) in [5, 5.41) is 6.31. The standard InChI is InChI=1S/C21H33BN2O2Si/c1-15(2)18-17(22-25-20(3,4)21(5,6)26-22)19(27(7,8)9)23-24(18)16-13-11-10-12-14-16/h10-15H,1-9H3. The zero-order valence-electron chi connectivity index (χ0n) is 18.3. The van der Waals surface area contributed by atoms with Gasteiger partial charge in [0.15, 0.2) is 0 Å². The van der Waals surface area contributed by atoms with E-state index in [1.165, 1.54) is 11.0 Å². The van der Waals surface area contributed by atoms with Crippen molar-refractivity contribution < 1.29 is 9.31 Å². The van der Waals surface area contributed by atoms with Crippen LogP contribution in [0.5, 0.6) is 0 Å². The largest absolute Gasteiger partial charge is 0.498 e. The molecule has 1 aromatic carbocycles. The molecule has 1 saturated heterocycles. The first kappa shape index (κ1) is 20.4. The molecule has 0 radical (unpaired) electrons. The molecule has 6 heteroatoms. The lowest BCUT2D eigenvalue weighted by molar-refractivity contribution is 0.00578. The highest BCUT2D eigenvalue weighted by atomic mass is 28.3. The molecule has 0 aliphatic carbocycles. The van der Waals surface area contributed by atoms with E-state index in [1.807, 2.05) is 6.07 Å². The van der Waals surface area contributed by atoms with E-state index in [1.54, 1.807) is 0 Å². The molecule has 1 fully saturated rings. The molecule has 1 aliphatic rings. The van der Waals surface area contributed by atoms with Crippen molar-refractivity contribution >= 4 is 26.0 Å². The number of benzene rings is 1. The van der Waals surface area contributed by atoms with Crippen molar-refractivity contribution in [2.45, 2.75) is 78.3 Å². The predicted octanol–water partition coefficient (Wildman–Crippen LogP) is 3.84. The number of rotatable bonds is 4. The van der Waals surface area contributed by atoms with Crippen LogP contribution >= 0.6 is 0 Å². The van der Waals surface area contributed by atoms with Crippen molar-refractivity contribution in [1.82, 2.24) is 9.78 Å². The molecule has 1 aromatic heterocycles. The van der Waals surface area contributed by atoms with E-state index < -0.39 is 8.07 Å². The number of para-hydroxylation sites is 1. The third-order valence-electron chi connectivity index (χ3n) is 5.71. The van der Waals surface area contributed by atoms with Crippen molar-refractivity contribution in [2.75, 3.05) is 0 Å². The van der Waals surface area contributed by atoms with E-state index in [0.717, 1.165) is 11.2 Å². The van der Waals surface area contributed by atoms with Gasteiger partial charge in [-0.25, -0.2) is 4.68 Å². The quantitative estimate of drug-likeness (QED) is 0.752. The molecular formula is C21H33BN2O2Si. The third-order valence-corrected chi connectivity index (χ3v) is 7.50. The van der Waals surface area contributed by atoms with Crippen LogP contribution in [0.15, 0.2) is 30.3 Å². The topological polar surface area (TPSA) is 36.3 Å². The smallest absolute Gasteiger partial charge is 0.399 e. The molecule has 4 nitrogen and oxygen atoms in total. The minimum Gasteiger partial charge on any atom is -0.399 e. The van der Waals surface area contributed by atoms with Gasteiger partial charge < -0.3 is 9.31 Å². The number of hydrogen-bond donors (Lipinski definition) is 0. The van der Waals surface area contributed by atoms with Gasteiger partial charge in [0.2, 0.25) is 0 Å². The van der Waals surface area contributed by atoms with E-state index in [0.29, 0.717) is 5.92 Å². The first-order valence-corrected chi connectivity index (χ1v) is 13.4. The van der Waals surface area contributed by atoms with E-state index >= 15 is 0 Å². The molecule has 0 atom stereocenters. The average molecular weight is 384 g/mol. The normalized spacial score (nSPS) is 19.1. The Morgan fingerprint density at radius 2 is 1.48 bits per heavy atom. The fraction of sp³-hybridized carbons (Fsp3) is 0.571. The second-order valence-electron chi connectivity index (χ2n) is 9.89. The van der Waals surface area contributed by atoms with Crippen LogP contribution in [-0.4, -0.2) is 36.2 Å². The summed E-state index contributed by atoms with van der Waals surface area (Å²) >= 11 is 0. The van der Waals surface area contributed by atoms with Gasteiger partial charge in [0.05, 0.1) is 16.9 Å². The first-order chi connectivity index (χ1) is 12.3. The Bertz CT molecular complexity index is 807. The molecule has 27 heavy (non-hydrogen) atoms. The zero-order chi connectivity index (χ0) is 20.2. The van der Waals surface area contributed by atoms with Crippen molar-refractivity contribution in [2.24, 2.45) is 0 Å². The lowest BCUT2D eigenvalue weighted by Gasteiger charge is -2.32. The van der Waals surface area contributed by atoms with Crippen LogP contribution < -0.4 is 10.8 Å². The Balaban J connectivity index is 2.25. The predicted molar refractivity (Wildman–Crippen MR) is 116 cm³/mol. The number of hydrogen-bond acceptors (Lipinski definition) is 3. The number of aromatic nitrogens is 2. The van der Waals surface area contributed by atoms with Gasteiger partial charge in [0.25, 0.3) is 0 Å². The van der Waals surface area contributed by atoms with Crippen LogP contribution in [0.2, 0.25) is 19.6 Å². The summed E-state index contributed by atoms with van der Waals surface area (Å²) < 4.78 is 15.1. The van der Waals surface area contributed by atoms with Gasteiger partial charge in [0.1, 0.15) is 8.07 Å².